The van der Waals surface area contributed by atoms with E-state index in [1.54, 1.807) is 0 Å². The lowest BCUT2D eigenvalue weighted by atomic mass is 9.99. The van der Waals surface area contributed by atoms with Gasteiger partial charge in [0.15, 0.2) is 0 Å². The summed E-state index contributed by atoms with van der Waals surface area (Å²) in [4.78, 5) is 13.8. The first-order chi connectivity index (χ1) is 8.13. The maximum Gasteiger partial charge on any atom is 0.223 e. The van der Waals surface area contributed by atoms with E-state index in [0.717, 1.165) is 45.4 Å². The van der Waals surface area contributed by atoms with E-state index in [1.807, 2.05) is 11.9 Å². The van der Waals surface area contributed by atoms with Gasteiger partial charge >= 0.3 is 0 Å². The first kappa shape index (κ1) is 14.5. The summed E-state index contributed by atoms with van der Waals surface area (Å²) in [7, 11) is 1.89. The van der Waals surface area contributed by atoms with Gasteiger partial charge in [-0.05, 0) is 25.2 Å². The van der Waals surface area contributed by atoms with Gasteiger partial charge in [-0.1, -0.05) is 13.3 Å². The molecule has 1 atom stereocenters. The highest BCUT2D eigenvalue weighted by atomic mass is 16.5. The number of rotatable bonds is 6. The Morgan fingerprint density at radius 1 is 1.47 bits per heavy atom. The second-order valence-corrected chi connectivity index (χ2v) is 5.08. The Hall–Kier alpha value is -0.610. The van der Waals surface area contributed by atoms with Crippen molar-refractivity contribution in [3.8, 4) is 0 Å². The van der Waals surface area contributed by atoms with Crippen LogP contribution in [0.2, 0.25) is 0 Å². The molecule has 1 saturated heterocycles. The highest BCUT2D eigenvalue weighted by molar-refractivity contribution is 5.76. The molecule has 0 spiro atoms. The maximum atomic E-state index is 11.9. The average Bonchev–Trinajstić information content (AvgIpc) is 2.30. The topological polar surface area (TPSA) is 55.6 Å². The monoisotopic (exact) mass is 242 g/mol. The third-order valence-electron chi connectivity index (χ3n) is 3.39. The van der Waals surface area contributed by atoms with Crippen LogP contribution in [-0.4, -0.2) is 43.7 Å². The summed E-state index contributed by atoms with van der Waals surface area (Å²) < 4.78 is 5.31. The van der Waals surface area contributed by atoms with Crippen LogP contribution in [0.25, 0.3) is 0 Å². The van der Waals surface area contributed by atoms with Crippen LogP contribution < -0.4 is 5.73 Å². The van der Waals surface area contributed by atoms with Gasteiger partial charge in [-0.2, -0.15) is 0 Å². The lowest BCUT2D eigenvalue weighted by Gasteiger charge is -2.27. The Bertz CT molecular complexity index is 227. The van der Waals surface area contributed by atoms with Crippen molar-refractivity contribution in [2.75, 3.05) is 26.8 Å². The molecule has 1 aliphatic heterocycles. The van der Waals surface area contributed by atoms with Crippen molar-refractivity contribution in [3.63, 3.8) is 0 Å². The van der Waals surface area contributed by atoms with Crippen LogP contribution in [-0.2, 0) is 9.53 Å². The van der Waals surface area contributed by atoms with E-state index in [9.17, 15) is 4.79 Å². The number of carbonyl (C=O) groups is 1. The molecule has 100 valence electrons. The average molecular weight is 242 g/mol. The minimum atomic E-state index is 0.0182. The van der Waals surface area contributed by atoms with E-state index in [-0.39, 0.29) is 11.9 Å². The molecular formula is C13H26N2O2. The fourth-order valence-electron chi connectivity index (χ4n) is 2.27. The molecular weight excluding hydrogens is 216 g/mol. The lowest BCUT2D eigenvalue weighted by Crippen LogP contribution is -2.37. The number of carbonyl (C=O) groups excluding carboxylic acids is 1. The van der Waals surface area contributed by atoms with Gasteiger partial charge in [0.2, 0.25) is 5.91 Å². The van der Waals surface area contributed by atoms with Crippen LogP contribution in [0, 0.1) is 5.92 Å². The fraction of sp³-hybridized carbons (Fsp3) is 0.923. The van der Waals surface area contributed by atoms with Crippen LogP contribution in [0.4, 0.5) is 0 Å². The zero-order valence-corrected chi connectivity index (χ0v) is 11.2. The largest absolute Gasteiger partial charge is 0.381 e. The quantitative estimate of drug-likeness (QED) is 0.765. The molecule has 1 fully saturated rings. The fourth-order valence-corrected chi connectivity index (χ4v) is 2.27. The normalized spacial score (nSPS) is 19.0. The highest BCUT2D eigenvalue weighted by Gasteiger charge is 2.19. The SMILES string of the molecule is CCCC(N)CC(=O)N(C)CC1CCOCC1. The van der Waals surface area contributed by atoms with E-state index >= 15 is 0 Å². The van der Waals surface area contributed by atoms with E-state index in [0.29, 0.717) is 12.3 Å². The van der Waals surface area contributed by atoms with Gasteiger partial charge in [0.1, 0.15) is 0 Å². The van der Waals surface area contributed by atoms with E-state index in [2.05, 4.69) is 6.92 Å². The molecule has 4 nitrogen and oxygen atoms in total. The molecule has 0 aromatic rings. The number of nitrogens with zero attached hydrogens (tertiary/aromatic N) is 1. The Balaban J connectivity index is 2.25. The number of hydrogen-bond donors (Lipinski definition) is 1. The molecule has 0 aromatic carbocycles. The van der Waals surface area contributed by atoms with Gasteiger partial charge in [-0.3, -0.25) is 4.79 Å². The number of ether oxygens (including phenoxy) is 1. The van der Waals surface area contributed by atoms with Gasteiger partial charge in [0.25, 0.3) is 0 Å². The first-order valence-corrected chi connectivity index (χ1v) is 6.70. The van der Waals surface area contributed by atoms with Crippen LogP contribution >= 0.6 is 0 Å². The van der Waals surface area contributed by atoms with E-state index in [4.69, 9.17) is 10.5 Å². The molecule has 0 aromatic heterocycles. The van der Waals surface area contributed by atoms with Crippen molar-refractivity contribution in [1.82, 2.24) is 4.90 Å². The molecule has 1 amide bonds. The van der Waals surface area contributed by atoms with Crippen LogP contribution in [0.1, 0.15) is 39.0 Å². The predicted molar refractivity (Wildman–Crippen MR) is 68.7 cm³/mol. The summed E-state index contributed by atoms with van der Waals surface area (Å²) >= 11 is 0. The van der Waals surface area contributed by atoms with Crippen molar-refractivity contribution in [1.29, 1.82) is 0 Å². The summed E-state index contributed by atoms with van der Waals surface area (Å²) in [6.45, 7) is 4.61. The van der Waals surface area contributed by atoms with E-state index < -0.39 is 0 Å². The van der Waals surface area contributed by atoms with Gasteiger partial charge in [-0.25, -0.2) is 0 Å². The minimum absolute atomic E-state index is 0.0182. The number of amides is 1. The van der Waals surface area contributed by atoms with E-state index in [1.165, 1.54) is 0 Å². The van der Waals surface area contributed by atoms with Gasteiger partial charge in [0.05, 0.1) is 0 Å². The molecule has 17 heavy (non-hydrogen) atoms. The zero-order valence-electron chi connectivity index (χ0n) is 11.2. The summed E-state index contributed by atoms with van der Waals surface area (Å²) in [5.41, 5.74) is 5.89. The maximum absolute atomic E-state index is 11.9. The van der Waals surface area contributed by atoms with Crippen molar-refractivity contribution in [2.45, 2.75) is 45.1 Å². The van der Waals surface area contributed by atoms with Crippen molar-refractivity contribution in [2.24, 2.45) is 11.7 Å². The van der Waals surface area contributed by atoms with Crippen molar-refractivity contribution >= 4 is 5.91 Å². The standard InChI is InChI=1S/C13H26N2O2/c1-3-4-12(14)9-13(16)15(2)10-11-5-7-17-8-6-11/h11-12H,3-10,14H2,1-2H3. The second-order valence-electron chi connectivity index (χ2n) is 5.08. The molecule has 1 aliphatic rings. The molecule has 0 saturated carbocycles. The lowest BCUT2D eigenvalue weighted by molar-refractivity contribution is -0.131. The van der Waals surface area contributed by atoms with Crippen molar-refractivity contribution in [3.05, 3.63) is 0 Å². The smallest absolute Gasteiger partial charge is 0.223 e. The van der Waals surface area contributed by atoms with Gasteiger partial charge in [0, 0.05) is 39.3 Å². The predicted octanol–water partition coefficient (Wildman–Crippen LogP) is 1.39. The third-order valence-corrected chi connectivity index (χ3v) is 3.39. The minimum Gasteiger partial charge on any atom is -0.381 e. The van der Waals surface area contributed by atoms with Gasteiger partial charge in [-0.15, -0.1) is 0 Å². The van der Waals surface area contributed by atoms with Crippen LogP contribution in [0.3, 0.4) is 0 Å². The Labute approximate surface area is 104 Å². The van der Waals surface area contributed by atoms with Crippen LogP contribution in [0.15, 0.2) is 0 Å². The molecule has 0 aliphatic carbocycles. The Kier molecular flexibility index (Phi) is 6.52. The summed E-state index contributed by atoms with van der Waals surface area (Å²) in [6, 6.07) is 0.0182. The van der Waals surface area contributed by atoms with Crippen molar-refractivity contribution < 1.29 is 9.53 Å². The number of hydrogen-bond acceptors (Lipinski definition) is 3. The Morgan fingerprint density at radius 2 is 2.12 bits per heavy atom. The molecule has 0 radical (unpaired) electrons. The number of nitrogens with two attached hydrogens (primary N) is 1. The molecule has 1 heterocycles. The highest BCUT2D eigenvalue weighted by Crippen LogP contribution is 2.16. The summed E-state index contributed by atoms with van der Waals surface area (Å²) in [6.07, 6.45) is 4.58. The van der Waals surface area contributed by atoms with Gasteiger partial charge < -0.3 is 15.4 Å². The third kappa shape index (κ3) is 5.50. The molecule has 1 unspecified atom stereocenters. The first-order valence-electron chi connectivity index (χ1n) is 6.70. The zero-order chi connectivity index (χ0) is 12.7. The molecule has 1 rings (SSSR count). The molecule has 0 bridgehead atoms. The second kappa shape index (κ2) is 7.67. The summed E-state index contributed by atoms with van der Waals surface area (Å²) in [5, 5.41) is 0. The Morgan fingerprint density at radius 3 is 2.71 bits per heavy atom. The van der Waals surface area contributed by atoms with Crippen LogP contribution in [0.5, 0.6) is 0 Å². The molecule has 4 heteroatoms. The molecule has 2 N–H and O–H groups in total. The summed E-state index contributed by atoms with van der Waals surface area (Å²) in [5.74, 6) is 0.776.